The molecule has 0 unspecified atom stereocenters. The molecule has 0 fully saturated rings. The number of rotatable bonds is 9. The molecule has 3 rings (SSSR count). The molecule has 0 heterocycles. The van der Waals surface area contributed by atoms with Crippen LogP contribution in [-0.4, -0.2) is 5.97 Å². The summed E-state index contributed by atoms with van der Waals surface area (Å²) in [4.78, 5) is 16.9. The molecule has 0 aliphatic heterocycles. The van der Waals surface area contributed by atoms with Gasteiger partial charge in [-0.1, -0.05) is 36.4 Å². The second-order valence-corrected chi connectivity index (χ2v) is 8.58. The number of carbonyl (C=O) groups is 1. The zero-order valence-corrected chi connectivity index (χ0v) is 18.7. The predicted octanol–water partition coefficient (Wildman–Crippen LogP) is 5.50. The molecule has 2 N–H and O–H groups in total. The standard InChI is InChI=1S/C26H29FN2O3/c1-26(2,3)25(30)32-29-18-21-6-4-5-20(15-21)17-28-16-19-7-11-23(12-8-19)31-24-13-9-22(27)10-14-24/h4-15,28-29H,16-18H2,1-3H3. The Morgan fingerprint density at radius 2 is 1.38 bits per heavy atom. The summed E-state index contributed by atoms with van der Waals surface area (Å²) in [6.45, 7) is 7.32. The number of hydroxylamine groups is 1. The number of hydrogen-bond donors (Lipinski definition) is 2. The number of hydrogen-bond acceptors (Lipinski definition) is 5. The van der Waals surface area contributed by atoms with Gasteiger partial charge in [-0.2, -0.15) is 0 Å². The number of ether oxygens (including phenoxy) is 1. The van der Waals surface area contributed by atoms with Crippen molar-refractivity contribution in [2.45, 2.75) is 40.4 Å². The van der Waals surface area contributed by atoms with Gasteiger partial charge in [-0.05, 0) is 73.9 Å². The minimum absolute atomic E-state index is 0.287. The van der Waals surface area contributed by atoms with Crippen molar-refractivity contribution in [3.63, 3.8) is 0 Å². The highest BCUT2D eigenvalue weighted by Gasteiger charge is 2.23. The van der Waals surface area contributed by atoms with E-state index >= 15 is 0 Å². The Balaban J connectivity index is 1.43. The normalized spacial score (nSPS) is 11.2. The van der Waals surface area contributed by atoms with E-state index in [4.69, 9.17) is 9.57 Å². The van der Waals surface area contributed by atoms with E-state index in [-0.39, 0.29) is 11.8 Å². The number of nitrogens with one attached hydrogen (secondary N) is 2. The van der Waals surface area contributed by atoms with Gasteiger partial charge in [0.1, 0.15) is 17.3 Å². The molecule has 3 aromatic carbocycles. The van der Waals surface area contributed by atoms with Crippen molar-refractivity contribution < 1.29 is 18.8 Å². The highest BCUT2D eigenvalue weighted by atomic mass is 19.1. The van der Waals surface area contributed by atoms with Gasteiger partial charge in [0.05, 0.1) is 12.0 Å². The minimum atomic E-state index is -0.538. The van der Waals surface area contributed by atoms with Crippen LogP contribution in [0.5, 0.6) is 11.5 Å². The Kier molecular flexibility index (Phi) is 7.98. The van der Waals surface area contributed by atoms with E-state index in [1.165, 1.54) is 12.1 Å². The first-order valence-corrected chi connectivity index (χ1v) is 10.5. The zero-order chi connectivity index (χ0) is 23.0. The Bertz CT molecular complexity index is 1010. The molecule has 0 amide bonds. The van der Waals surface area contributed by atoms with Gasteiger partial charge in [-0.25, -0.2) is 9.18 Å². The van der Waals surface area contributed by atoms with Gasteiger partial charge in [0.2, 0.25) is 0 Å². The van der Waals surface area contributed by atoms with Crippen LogP contribution in [0.25, 0.3) is 0 Å². The molecule has 0 aromatic heterocycles. The highest BCUT2D eigenvalue weighted by molar-refractivity contribution is 5.75. The van der Waals surface area contributed by atoms with Gasteiger partial charge in [-0.3, -0.25) is 0 Å². The molecule has 0 radical (unpaired) electrons. The lowest BCUT2D eigenvalue weighted by molar-refractivity contribution is -0.161. The maximum Gasteiger partial charge on any atom is 0.329 e. The fourth-order valence-electron chi connectivity index (χ4n) is 2.85. The number of benzene rings is 3. The Labute approximate surface area is 188 Å². The van der Waals surface area contributed by atoms with Crippen molar-refractivity contribution in [3.8, 4) is 11.5 Å². The van der Waals surface area contributed by atoms with Crippen LogP contribution in [0.4, 0.5) is 4.39 Å². The van der Waals surface area contributed by atoms with E-state index in [0.29, 0.717) is 31.1 Å². The van der Waals surface area contributed by atoms with Gasteiger partial charge in [-0.15, -0.1) is 5.48 Å². The lowest BCUT2D eigenvalue weighted by Gasteiger charge is -2.16. The van der Waals surface area contributed by atoms with E-state index in [9.17, 15) is 9.18 Å². The molecule has 5 nitrogen and oxygen atoms in total. The predicted molar refractivity (Wildman–Crippen MR) is 122 cm³/mol. The third-order valence-corrected chi connectivity index (χ3v) is 4.68. The van der Waals surface area contributed by atoms with Gasteiger partial charge in [0, 0.05) is 13.1 Å². The molecular weight excluding hydrogens is 407 g/mol. The number of carbonyl (C=O) groups excluding carboxylic acids is 1. The minimum Gasteiger partial charge on any atom is -0.457 e. The van der Waals surface area contributed by atoms with Crippen molar-refractivity contribution in [2.75, 3.05) is 0 Å². The molecule has 3 aromatic rings. The Morgan fingerprint density at radius 3 is 2.00 bits per heavy atom. The van der Waals surface area contributed by atoms with Gasteiger partial charge in [0.15, 0.2) is 0 Å². The van der Waals surface area contributed by atoms with Crippen molar-refractivity contribution in [3.05, 3.63) is 95.3 Å². The van der Waals surface area contributed by atoms with E-state index in [1.807, 2.05) is 57.2 Å². The van der Waals surface area contributed by atoms with Gasteiger partial charge in [0.25, 0.3) is 0 Å². The van der Waals surface area contributed by atoms with Crippen LogP contribution in [0.3, 0.4) is 0 Å². The van der Waals surface area contributed by atoms with E-state index in [2.05, 4.69) is 22.9 Å². The average molecular weight is 437 g/mol. The van der Waals surface area contributed by atoms with Crippen LogP contribution in [0.15, 0.2) is 72.8 Å². The van der Waals surface area contributed by atoms with Crippen molar-refractivity contribution in [1.29, 1.82) is 0 Å². The van der Waals surface area contributed by atoms with E-state index in [1.54, 1.807) is 12.1 Å². The molecule has 0 saturated heterocycles. The maximum atomic E-state index is 13.0. The molecule has 0 atom stereocenters. The lowest BCUT2D eigenvalue weighted by Crippen LogP contribution is -2.29. The fraction of sp³-hybridized carbons (Fsp3) is 0.269. The highest BCUT2D eigenvalue weighted by Crippen LogP contribution is 2.22. The molecule has 0 saturated carbocycles. The summed E-state index contributed by atoms with van der Waals surface area (Å²) >= 11 is 0. The largest absolute Gasteiger partial charge is 0.457 e. The second kappa shape index (κ2) is 10.9. The Hall–Kier alpha value is -3.22. The molecule has 0 bridgehead atoms. The average Bonchev–Trinajstić information content (AvgIpc) is 2.76. The maximum absolute atomic E-state index is 13.0. The molecule has 0 aliphatic rings. The summed E-state index contributed by atoms with van der Waals surface area (Å²) in [5.41, 5.74) is 5.51. The molecular formula is C26H29FN2O3. The third-order valence-electron chi connectivity index (χ3n) is 4.68. The SMILES string of the molecule is CC(C)(C)C(=O)ONCc1cccc(CNCc2ccc(Oc3ccc(F)cc3)cc2)c1. The van der Waals surface area contributed by atoms with Gasteiger partial charge < -0.3 is 14.9 Å². The van der Waals surface area contributed by atoms with Gasteiger partial charge >= 0.3 is 5.97 Å². The van der Waals surface area contributed by atoms with Crippen LogP contribution in [0, 0.1) is 11.2 Å². The number of halogens is 1. The van der Waals surface area contributed by atoms with Crippen molar-refractivity contribution in [1.82, 2.24) is 10.8 Å². The second-order valence-electron chi connectivity index (χ2n) is 8.58. The van der Waals surface area contributed by atoms with Crippen LogP contribution in [-0.2, 0) is 29.3 Å². The van der Waals surface area contributed by atoms with Crippen LogP contribution >= 0.6 is 0 Å². The smallest absolute Gasteiger partial charge is 0.329 e. The summed E-state index contributed by atoms with van der Waals surface area (Å²) in [5, 5.41) is 3.43. The quantitative estimate of drug-likeness (QED) is 0.434. The first-order chi connectivity index (χ1) is 15.3. The fourth-order valence-corrected chi connectivity index (χ4v) is 2.85. The third kappa shape index (κ3) is 7.48. The summed E-state index contributed by atoms with van der Waals surface area (Å²) in [7, 11) is 0. The molecule has 168 valence electrons. The van der Waals surface area contributed by atoms with Crippen LogP contribution in [0.1, 0.15) is 37.5 Å². The monoisotopic (exact) mass is 436 g/mol. The summed E-state index contributed by atoms with van der Waals surface area (Å²) in [6, 6.07) is 21.8. The summed E-state index contributed by atoms with van der Waals surface area (Å²) in [5.74, 6) is 0.724. The molecule has 0 spiro atoms. The molecule has 6 heteroatoms. The first-order valence-electron chi connectivity index (χ1n) is 10.5. The van der Waals surface area contributed by atoms with Crippen LogP contribution < -0.4 is 15.5 Å². The summed E-state index contributed by atoms with van der Waals surface area (Å²) in [6.07, 6.45) is 0. The van der Waals surface area contributed by atoms with Crippen LogP contribution in [0.2, 0.25) is 0 Å². The van der Waals surface area contributed by atoms with E-state index in [0.717, 1.165) is 16.7 Å². The van der Waals surface area contributed by atoms with E-state index < -0.39 is 5.41 Å². The first kappa shape index (κ1) is 23.4. The Morgan fingerprint density at radius 1 is 0.812 bits per heavy atom. The lowest BCUT2D eigenvalue weighted by atomic mass is 9.98. The summed E-state index contributed by atoms with van der Waals surface area (Å²) < 4.78 is 18.7. The molecule has 0 aliphatic carbocycles. The van der Waals surface area contributed by atoms with Crippen molar-refractivity contribution in [2.24, 2.45) is 5.41 Å². The van der Waals surface area contributed by atoms with Crippen molar-refractivity contribution >= 4 is 5.97 Å². The topological polar surface area (TPSA) is 59.6 Å². The zero-order valence-electron chi connectivity index (χ0n) is 18.7. The molecule has 32 heavy (non-hydrogen) atoms.